The van der Waals surface area contributed by atoms with Crippen LogP contribution in [0.2, 0.25) is 0 Å². The SMILES string of the molecule is CC(=O)NCCC(O)C(O)c1ccnc(N)n1. The summed E-state index contributed by atoms with van der Waals surface area (Å²) in [5.41, 5.74) is 5.62. The first-order chi connectivity index (χ1) is 8.00. The molecule has 0 saturated carbocycles. The van der Waals surface area contributed by atoms with Gasteiger partial charge in [-0.1, -0.05) is 0 Å². The van der Waals surface area contributed by atoms with Crippen LogP contribution in [0.25, 0.3) is 0 Å². The lowest BCUT2D eigenvalue weighted by molar-refractivity contribution is -0.119. The highest BCUT2D eigenvalue weighted by molar-refractivity contribution is 5.72. The van der Waals surface area contributed by atoms with Gasteiger partial charge in [-0.15, -0.1) is 0 Å². The van der Waals surface area contributed by atoms with Gasteiger partial charge < -0.3 is 21.3 Å². The maximum atomic E-state index is 10.6. The molecule has 0 fully saturated rings. The average molecular weight is 240 g/mol. The smallest absolute Gasteiger partial charge is 0.220 e. The van der Waals surface area contributed by atoms with Gasteiger partial charge in [-0.25, -0.2) is 9.97 Å². The minimum atomic E-state index is -1.14. The summed E-state index contributed by atoms with van der Waals surface area (Å²) in [5.74, 6) is -0.145. The number of carbonyl (C=O) groups excluding carboxylic acids is 1. The molecule has 0 spiro atoms. The number of nitrogens with zero attached hydrogens (tertiary/aromatic N) is 2. The first-order valence-electron chi connectivity index (χ1n) is 5.19. The van der Waals surface area contributed by atoms with Crippen molar-refractivity contribution >= 4 is 11.9 Å². The first-order valence-corrected chi connectivity index (χ1v) is 5.19. The van der Waals surface area contributed by atoms with Gasteiger partial charge in [-0.05, 0) is 12.5 Å². The molecule has 2 atom stereocenters. The van der Waals surface area contributed by atoms with Gasteiger partial charge in [0.15, 0.2) is 0 Å². The number of aliphatic hydroxyl groups is 2. The van der Waals surface area contributed by atoms with Crippen molar-refractivity contribution in [1.29, 1.82) is 0 Å². The van der Waals surface area contributed by atoms with Crippen molar-refractivity contribution in [3.05, 3.63) is 18.0 Å². The molecule has 17 heavy (non-hydrogen) atoms. The number of carbonyl (C=O) groups is 1. The largest absolute Gasteiger partial charge is 0.390 e. The predicted molar refractivity (Wildman–Crippen MR) is 60.7 cm³/mol. The van der Waals surface area contributed by atoms with Crippen LogP contribution in [-0.4, -0.2) is 38.7 Å². The number of hydrogen-bond acceptors (Lipinski definition) is 6. The summed E-state index contributed by atoms with van der Waals surface area (Å²) in [4.78, 5) is 18.1. The van der Waals surface area contributed by atoms with Crippen LogP contribution in [0.3, 0.4) is 0 Å². The van der Waals surface area contributed by atoms with Crippen LogP contribution < -0.4 is 11.1 Å². The summed E-state index contributed by atoms with van der Waals surface area (Å²) in [6, 6.07) is 1.47. The molecule has 0 radical (unpaired) electrons. The van der Waals surface area contributed by atoms with Crippen molar-refractivity contribution in [3.63, 3.8) is 0 Å². The molecule has 0 bridgehead atoms. The number of nitrogens with one attached hydrogen (secondary N) is 1. The summed E-state index contributed by atoms with van der Waals surface area (Å²) in [7, 11) is 0. The van der Waals surface area contributed by atoms with Gasteiger partial charge in [0.05, 0.1) is 11.8 Å². The number of amides is 1. The van der Waals surface area contributed by atoms with Gasteiger partial charge in [0.1, 0.15) is 6.10 Å². The second-order valence-electron chi connectivity index (χ2n) is 3.62. The Morgan fingerprint density at radius 1 is 1.59 bits per heavy atom. The standard InChI is InChI=1S/C10H16N4O3/c1-6(15)12-5-3-8(16)9(17)7-2-4-13-10(11)14-7/h2,4,8-9,16-17H,3,5H2,1H3,(H,12,15)(H2,11,13,14). The van der Waals surface area contributed by atoms with Crippen molar-refractivity contribution in [3.8, 4) is 0 Å². The fraction of sp³-hybridized carbons (Fsp3) is 0.500. The van der Waals surface area contributed by atoms with E-state index < -0.39 is 12.2 Å². The van der Waals surface area contributed by atoms with Crippen molar-refractivity contribution in [2.45, 2.75) is 25.6 Å². The summed E-state index contributed by atoms with van der Waals surface area (Å²) in [6.45, 7) is 1.67. The Morgan fingerprint density at radius 2 is 2.29 bits per heavy atom. The summed E-state index contributed by atoms with van der Waals surface area (Å²) in [6.07, 6.45) is -0.531. The van der Waals surface area contributed by atoms with E-state index in [1.165, 1.54) is 19.2 Å². The molecule has 2 unspecified atom stereocenters. The predicted octanol–water partition coefficient (Wildman–Crippen LogP) is -1.02. The lowest BCUT2D eigenvalue weighted by Gasteiger charge is -2.17. The number of rotatable bonds is 5. The van der Waals surface area contributed by atoms with Gasteiger partial charge in [-0.2, -0.15) is 0 Å². The molecular formula is C10H16N4O3. The topological polar surface area (TPSA) is 121 Å². The van der Waals surface area contributed by atoms with E-state index in [9.17, 15) is 15.0 Å². The Bertz CT molecular complexity index is 386. The third-order valence-corrected chi connectivity index (χ3v) is 2.18. The second-order valence-corrected chi connectivity index (χ2v) is 3.62. The van der Waals surface area contributed by atoms with Gasteiger partial charge >= 0.3 is 0 Å². The molecule has 5 N–H and O–H groups in total. The minimum absolute atomic E-state index is 0.0376. The van der Waals surface area contributed by atoms with Gasteiger partial charge in [-0.3, -0.25) is 4.79 Å². The number of aromatic nitrogens is 2. The van der Waals surface area contributed by atoms with E-state index in [0.717, 1.165) is 0 Å². The molecule has 0 saturated heterocycles. The van der Waals surface area contributed by atoms with E-state index in [4.69, 9.17) is 5.73 Å². The van der Waals surface area contributed by atoms with Crippen molar-refractivity contribution in [2.24, 2.45) is 0 Å². The number of aliphatic hydroxyl groups excluding tert-OH is 2. The van der Waals surface area contributed by atoms with Gasteiger partial charge in [0.2, 0.25) is 11.9 Å². The number of anilines is 1. The highest BCUT2D eigenvalue weighted by Crippen LogP contribution is 2.16. The first kappa shape index (κ1) is 13.3. The Kier molecular flexibility index (Phi) is 4.80. The summed E-state index contributed by atoms with van der Waals surface area (Å²) < 4.78 is 0. The molecule has 7 nitrogen and oxygen atoms in total. The van der Waals surface area contributed by atoms with Gasteiger partial charge in [0.25, 0.3) is 0 Å². The Morgan fingerprint density at radius 3 is 2.88 bits per heavy atom. The van der Waals surface area contributed by atoms with Crippen LogP contribution in [0.5, 0.6) is 0 Å². The van der Waals surface area contributed by atoms with E-state index in [1.54, 1.807) is 0 Å². The maximum absolute atomic E-state index is 10.6. The molecule has 1 heterocycles. The molecule has 94 valence electrons. The molecule has 0 aliphatic carbocycles. The lowest BCUT2D eigenvalue weighted by Crippen LogP contribution is -2.28. The highest BCUT2D eigenvalue weighted by Gasteiger charge is 2.19. The van der Waals surface area contributed by atoms with Crippen LogP contribution in [-0.2, 0) is 4.79 Å². The Hall–Kier alpha value is -1.73. The third-order valence-electron chi connectivity index (χ3n) is 2.18. The maximum Gasteiger partial charge on any atom is 0.220 e. The van der Waals surface area contributed by atoms with E-state index in [2.05, 4.69) is 15.3 Å². The monoisotopic (exact) mass is 240 g/mol. The fourth-order valence-electron chi connectivity index (χ4n) is 1.30. The Balaban J connectivity index is 2.51. The summed E-state index contributed by atoms with van der Waals surface area (Å²) in [5, 5.41) is 22.0. The van der Waals surface area contributed by atoms with Crippen molar-refractivity contribution in [2.75, 3.05) is 12.3 Å². The molecule has 7 heteroatoms. The zero-order valence-corrected chi connectivity index (χ0v) is 9.50. The number of hydrogen-bond donors (Lipinski definition) is 4. The lowest BCUT2D eigenvalue weighted by atomic mass is 10.1. The van der Waals surface area contributed by atoms with E-state index >= 15 is 0 Å². The zero-order chi connectivity index (χ0) is 12.8. The van der Waals surface area contributed by atoms with E-state index in [-0.39, 0.29) is 30.5 Å². The molecular weight excluding hydrogens is 224 g/mol. The normalized spacial score (nSPS) is 14.1. The van der Waals surface area contributed by atoms with Crippen LogP contribution in [0.15, 0.2) is 12.3 Å². The molecule has 1 rings (SSSR count). The highest BCUT2D eigenvalue weighted by atomic mass is 16.3. The molecule has 1 aromatic heterocycles. The number of nitrogen functional groups attached to an aromatic ring is 1. The van der Waals surface area contributed by atoms with Crippen LogP contribution in [0, 0.1) is 0 Å². The average Bonchev–Trinajstić information content (AvgIpc) is 2.27. The van der Waals surface area contributed by atoms with Crippen LogP contribution in [0.1, 0.15) is 25.1 Å². The quantitative estimate of drug-likeness (QED) is 0.522. The van der Waals surface area contributed by atoms with E-state index in [0.29, 0.717) is 0 Å². The molecule has 0 aromatic carbocycles. The van der Waals surface area contributed by atoms with Gasteiger partial charge in [0, 0.05) is 19.7 Å². The van der Waals surface area contributed by atoms with E-state index in [1.807, 2.05) is 0 Å². The summed E-state index contributed by atoms with van der Waals surface area (Å²) >= 11 is 0. The molecule has 1 amide bonds. The molecule has 1 aromatic rings. The molecule has 0 aliphatic rings. The van der Waals surface area contributed by atoms with Crippen LogP contribution >= 0.6 is 0 Å². The fourth-order valence-corrected chi connectivity index (χ4v) is 1.30. The molecule has 0 aliphatic heterocycles. The van der Waals surface area contributed by atoms with Crippen molar-refractivity contribution in [1.82, 2.24) is 15.3 Å². The zero-order valence-electron chi connectivity index (χ0n) is 9.50. The number of nitrogens with two attached hydrogens (primary N) is 1. The Labute approximate surface area is 98.7 Å². The van der Waals surface area contributed by atoms with Crippen molar-refractivity contribution < 1.29 is 15.0 Å². The minimum Gasteiger partial charge on any atom is -0.390 e. The van der Waals surface area contributed by atoms with Crippen LogP contribution in [0.4, 0.5) is 5.95 Å². The third kappa shape index (κ3) is 4.33. The second kappa shape index (κ2) is 6.12.